The molecule has 1 unspecified atom stereocenters. The number of benzene rings is 3. The Bertz CT molecular complexity index is 3910. The highest BCUT2D eigenvalue weighted by atomic mass is 16.3. The smallest absolute Gasteiger partial charge is 0.330 e. The fourth-order valence-corrected chi connectivity index (χ4v) is 9.97. The normalized spacial score (nSPS) is 13.4. The second kappa shape index (κ2) is 21.7. The third kappa shape index (κ3) is 12.1. The molecule has 0 bridgehead atoms. The number of carbonyl (C=O) groups excluding carboxylic acids is 1. The van der Waals surface area contributed by atoms with E-state index in [0.29, 0.717) is 48.1 Å². The molecule has 1 atom stereocenters. The molecule has 6 aromatic heterocycles. The van der Waals surface area contributed by atoms with Crippen molar-refractivity contribution in [3.63, 3.8) is 0 Å². The van der Waals surface area contributed by atoms with Crippen molar-refractivity contribution < 1.29 is 15.0 Å². The number of aliphatic hydroxyl groups is 2. The van der Waals surface area contributed by atoms with Gasteiger partial charge in [0.05, 0.1) is 46.3 Å². The van der Waals surface area contributed by atoms with Crippen molar-refractivity contribution in [1.82, 2.24) is 42.4 Å². The minimum absolute atomic E-state index is 0.000645. The van der Waals surface area contributed by atoms with Gasteiger partial charge in [-0.15, -0.1) is 0 Å². The summed E-state index contributed by atoms with van der Waals surface area (Å²) >= 11 is 0. The quantitative estimate of drug-likeness (QED) is 0.126. The van der Waals surface area contributed by atoms with Crippen molar-refractivity contribution in [2.45, 2.75) is 128 Å². The van der Waals surface area contributed by atoms with Crippen molar-refractivity contribution in [2.24, 2.45) is 43.3 Å². The molecule has 0 amide bonds. The Kier molecular flexibility index (Phi) is 15.8. The van der Waals surface area contributed by atoms with Crippen LogP contribution in [0.2, 0.25) is 0 Å². The lowest BCUT2D eigenvalue weighted by molar-refractivity contribution is 0.112. The van der Waals surface area contributed by atoms with Crippen LogP contribution in [0, 0.1) is 42.9 Å². The maximum absolute atomic E-state index is 12.8. The van der Waals surface area contributed by atoms with Crippen molar-refractivity contribution in [1.29, 1.82) is 0 Å². The highest BCUT2D eigenvalue weighted by Gasteiger charge is 2.31. The minimum atomic E-state index is -0.402. The zero-order valence-electron chi connectivity index (χ0n) is 48.2. The summed E-state index contributed by atoms with van der Waals surface area (Å²) in [5.74, 6) is 0.387. The second-order valence-corrected chi connectivity index (χ2v) is 24.9. The van der Waals surface area contributed by atoms with Crippen LogP contribution in [0.4, 0.5) is 0 Å². The molecule has 6 heterocycles. The van der Waals surface area contributed by atoms with Gasteiger partial charge in [-0.05, 0) is 138 Å². The molecule has 1 saturated carbocycles. The van der Waals surface area contributed by atoms with Gasteiger partial charge >= 0.3 is 17.1 Å². The first kappa shape index (κ1) is 56.7. The lowest BCUT2D eigenvalue weighted by atomic mass is 9.96. The number of aryl methyl sites for hydroxylation is 6. The van der Waals surface area contributed by atoms with Gasteiger partial charge < -0.3 is 10.2 Å². The van der Waals surface area contributed by atoms with Gasteiger partial charge in [0.1, 0.15) is 6.29 Å². The molecule has 15 heteroatoms. The number of pyridine rings is 3. The fourth-order valence-electron chi connectivity index (χ4n) is 9.97. The summed E-state index contributed by atoms with van der Waals surface area (Å²) in [6.45, 7) is 27.0. The number of imidazole rings is 3. The van der Waals surface area contributed by atoms with E-state index < -0.39 is 6.10 Å². The Morgan fingerprint density at radius 2 is 0.885 bits per heavy atom. The zero-order valence-corrected chi connectivity index (χ0v) is 48.2. The molecule has 1 aliphatic carbocycles. The van der Waals surface area contributed by atoms with Gasteiger partial charge in [-0.25, -0.2) is 29.3 Å². The fraction of sp³-hybridized carbons (Fsp3) is 0.413. The lowest BCUT2D eigenvalue weighted by Gasteiger charge is -2.18. The predicted octanol–water partition coefficient (Wildman–Crippen LogP) is 11.0. The standard InChI is InChI=1S/C23H29N3O2.C20H25N3O2.C20H23N3O2/c1-14-6-7-16(20(27)15-8-9-15)12-17(14)18-10-11-19-21(24-18)25(5)22(28)26(19)13-23(2,3)4;2*1-13-6-7-14(11-24)10-15(13)16-8-9-17-18(21-16)22(5)19(25)23(17)12-20(2,3)4/h6-7,10-12,15,20,27H,8-9,13H2,1-5H3;6-10,24H,11-12H2,1-5H3;6-11H,12H2,1-5H3. The molecule has 9 aromatic rings. The van der Waals surface area contributed by atoms with Crippen LogP contribution in [0.5, 0.6) is 0 Å². The molecule has 0 spiro atoms. The summed E-state index contributed by atoms with van der Waals surface area (Å²) in [4.78, 5) is 63.4. The summed E-state index contributed by atoms with van der Waals surface area (Å²) in [5, 5.41) is 19.9. The predicted molar refractivity (Wildman–Crippen MR) is 313 cm³/mol. The summed E-state index contributed by atoms with van der Waals surface area (Å²) in [7, 11) is 5.29. The number of hydrogen-bond donors (Lipinski definition) is 2. The van der Waals surface area contributed by atoms with E-state index in [0.717, 1.165) is 97.3 Å². The maximum Gasteiger partial charge on any atom is 0.330 e. The molecule has 3 aromatic carbocycles. The topological polar surface area (TPSA) is 177 Å². The molecule has 0 radical (unpaired) electrons. The molecular formula is C63H77N9O6. The third-order valence-corrected chi connectivity index (χ3v) is 14.2. The summed E-state index contributed by atoms with van der Waals surface area (Å²) < 4.78 is 10.2. The average Bonchev–Trinajstić information content (AvgIpc) is 4.23. The average molecular weight is 1060 g/mol. The number of fused-ring (bicyclic) bond motifs is 3. The number of carbonyl (C=O) groups is 1. The van der Waals surface area contributed by atoms with Crippen LogP contribution < -0.4 is 17.1 Å². The second-order valence-electron chi connectivity index (χ2n) is 24.9. The van der Waals surface area contributed by atoms with Gasteiger partial charge in [0, 0.05) is 63.0 Å². The van der Waals surface area contributed by atoms with Crippen LogP contribution in [0.25, 0.3) is 67.3 Å². The molecule has 0 aliphatic heterocycles. The van der Waals surface area contributed by atoms with Crippen LogP contribution in [-0.2, 0) is 47.4 Å². The minimum Gasteiger partial charge on any atom is -0.392 e. The SMILES string of the molecule is Cc1ccc(C(O)C2CC2)cc1-c1ccc2c(n1)n(C)c(=O)n2CC(C)(C)C.Cc1ccc(C=O)cc1-c1ccc2c(n1)n(C)c(=O)n2CC(C)(C)C.Cc1ccc(CO)cc1-c1ccc2c(n1)n(C)c(=O)n2CC(C)(C)C. The summed E-state index contributed by atoms with van der Waals surface area (Å²) in [5.41, 5.74) is 15.4. The van der Waals surface area contributed by atoms with Crippen LogP contribution in [0.3, 0.4) is 0 Å². The molecule has 10 rings (SSSR count). The van der Waals surface area contributed by atoms with Gasteiger partial charge in [-0.3, -0.25) is 32.2 Å². The van der Waals surface area contributed by atoms with Gasteiger partial charge in [-0.2, -0.15) is 0 Å². The number of nitrogens with zero attached hydrogens (tertiary/aromatic N) is 9. The molecular weight excluding hydrogens is 979 g/mol. The lowest BCUT2D eigenvalue weighted by Crippen LogP contribution is -2.27. The van der Waals surface area contributed by atoms with Gasteiger partial charge in [-0.1, -0.05) is 98.7 Å². The van der Waals surface area contributed by atoms with Gasteiger partial charge in [0.25, 0.3) is 0 Å². The Balaban J connectivity index is 0.000000155. The number of aliphatic hydroxyl groups excluding tert-OH is 2. The number of hydrogen-bond acceptors (Lipinski definition) is 9. The van der Waals surface area contributed by atoms with E-state index in [-0.39, 0.29) is 39.9 Å². The van der Waals surface area contributed by atoms with Crippen molar-refractivity contribution in [3.05, 3.63) is 156 Å². The molecule has 2 N–H and O–H groups in total. The van der Waals surface area contributed by atoms with E-state index in [4.69, 9.17) is 15.0 Å². The molecule has 1 aliphatic rings. The molecule has 15 nitrogen and oxygen atoms in total. The Morgan fingerprint density at radius 3 is 1.24 bits per heavy atom. The van der Waals surface area contributed by atoms with Crippen LogP contribution in [0.15, 0.2) is 105 Å². The molecule has 410 valence electrons. The number of rotatable bonds is 10. The first-order chi connectivity index (χ1) is 36.6. The summed E-state index contributed by atoms with van der Waals surface area (Å²) in [6.07, 6.45) is 2.62. The van der Waals surface area contributed by atoms with Crippen LogP contribution in [-0.4, -0.2) is 58.9 Å². The number of aldehydes is 1. The zero-order chi connectivity index (χ0) is 56.9. The number of aromatic nitrogens is 9. The Morgan fingerprint density at radius 1 is 0.526 bits per heavy atom. The Hall–Kier alpha value is -7.49. The third-order valence-electron chi connectivity index (χ3n) is 14.2. The van der Waals surface area contributed by atoms with Crippen molar-refractivity contribution in [3.8, 4) is 33.8 Å². The van der Waals surface area contributed by atoms with E-state index >= 15 is 0 Å². The molecule has 1 fully saturated rings. The van der Waals surface area contributed by atoms with E-state index in [2.05, 4.69) is 75.3 Å². The van der Waals surface area contributed by atoms with Crippen molar-refractivity contribution in [2.75, 3.05) is 0 Å². The molecule has 0 saturated heterocycles. The maximum atomic E-state index is 12.8. The first-order valence-electron chi connectivity index (χ1n) is 26.8. The van der Waals surface area contributed by atoms with E-state index in [1.54, 1.807) is 50.0 Å². The van der Waals surface area contributed by atoms with E-state index in [9.17, 15) is 29.4 Å². The van der Waals surface area contributed by atoms with E-state index in [1.807, 2.05) is 97.3 Å². The van der Waals surface area contributed by atoms with Crippen molar-refractivity contribution >= 4 is 39.8 Å². The highest BCUT2D eigenvalue weighted by molar-refractivity contribution is 5.82. The summed E-state index contributed by atoms with van der Waals surface area (Å²) in [6, 6.07) is 29.2. The Labute approximate surface area is 456 Å². The largest absolute Gasteiger partial charge is 0.392 e. The van der Waals surface area contributed by atoms with Crippen LogP contribution in [0.1, 0.15) is 119 Å². The van der Waals surface area contributed by atoms with Gasteiger partial charge in [0.2, 0.25) is 0 Å². The first-order valence-corrected chi connectivity index (χ1v) is 26.8. The van der Waals surface area contributed by atoms with Gasteiger partial charge in [0.15, 0.2) is 16.9 Å². The molecule has 78 heavy (non-hydrogen) atoms. The monoisotopic (exact) mass is 1060 g/mol. The van der Waals surface area contributed by atoms with E-state index in [1.165, 1.54) is 0 Å². The van der Waals surface area contributed by atoms with Crippen LogP contribution >= 0.6 is 0 Å². The highest BCUT2D eigenvalue weighted by Crippen LogP contribution is 2.42.